The highest BCUT2D eigenvalue weighted by Crippen LogP contribution is 2.36. The summed E-state index contributed by atoms with van der Waals surface area (Å²) in [5.41, 5.74) is 0.469. The average Bonchev–Trinajstić information content (AvgIpc) is 1.86. The third-order valence-corrected chi connectivity index (χ3v) is 3.18. The van der Waals surface area contributed by atoms with Crippen molar-refractivity contribution in [2.75, 3.05) is 0 Å². The summed E-state index contributed by atoms with van der Waals surface area (Å²) in [5, 5.41) is 0. The summed E-state index contributed by atoms with van der Waals surface area (Å²) in [6.07, 6.45) is 7.12. The largest absolute Gasteiger partial charge is 0.0871 e. The van der Waals surface area contributed by atoms with Crippen LogP contribution in [0.15, 0.2) is 12.2 Å². The number of alkyl halides is 1. The Bertz CT molecular complexity index is 153. The van der Waals surface area contributed by atoms with E-state index in [1.807, 2.05) is 0 Å². The van der Waals surface area contributed by atoms with Gasteiger partial charge >= 0.3 is 0 Å². The molecule has 0 aromatic heterocycles. The minimum absolute atomic E-state index is 0.469. The van der Waals surface area contributed by atoms with Gasteiger partial charge < -0.3 is 0 Å². The van der Waals surface area contributed by atoms with Crippen molar-refractivity contribution < 1.29 is 0 Å². The summed E-state index contributed by atoms with van der Waals surface area (Å²) in [4.78, 5) is 0.612. The molecular formula is C10H17Br. The maximum Gasteiger partial charge on any atom is 0.0328 e. The Kier molecular flexibility index (Phi) is 2.79. The second kappa shape index (κ2) is 3.30. The quantitative estimate of drug-likeness (QED) is 0.428. The zero-order valence-corrected chi connectivity index (χ0v) is 9.19. The van der Waals surface area contributed by atoms with Crippen LogP contribution >= 0.6 is 15.9 Å². The van der Waals surface area contributed by atoms with Crippen molar-refractivity contribution in [2.24, 2.45) is 11.3 Å². The van der Waals surface area contributed by atoms with Gasteiger partial charge in [-0.15, -0.1) is 0 Å². The van der Waals surface area contributed by atoms with Gasteiger partial charge in [0.2, 0.25) is 0 Å². The first-order chi connectivity index (χ1) is 5.00. The van der Waals surface area contributed by atoms with Crippen LogP contribution in [0.3, 0.4) is 0 Å². The maximum atomic E-state index is 3.63. The Morgan fingerprint density at radius 1 is 1.36 bits per heavy atom. The molecule has 0 heterocycles. The fraction of sp³-hybridized carbons (Fsp3) is 0.800. The van der Waals surface area contributed by atoms with Gasteiger partial charge in [-0.25, -0.2) is 0 Å². The first-order valence-corrected chi connectivity index (χ1v) is 5.22. The molecule has 0 bridgehead atoms. The molecule has 1 aliphatic carbocycles. The van der Waals surface area contributed by atoms with Crippen molar-refractivity contribution >= 4 is 15.9 Å². The zero-order chi connectivity index (χ0) is 8.48. The smallest absolute Gasteiger partial charge is 0.0328 e. The van der Waals surface area contributed by atoms with Crippen molar-refractivity contribution in [3.05, 3.63) is 12.2 Å². The van der Waals surface area contributed by atoms with Crippen LogP contribution in [0.1, 0.15) is 33.6 Å². The molecule has 0 amide bonds. The normalized spacial score (nSPS) is 32.4. The third-order valence-electron chi connectivity index (χ3n) is 2.50. The van der Waals surface area contributed by atoms with Gasteiger partial charge in [-0.05, 0) is 24.2 Å². The lowest BCUT2D eigenvalue weighted by atomic mass is 9.74. The SMILES string of the molecule is CC(C)(C)[C@@H]1CC=C[C@@H](Br)C1. The lowest BCUT2D eigenvalue weighted by molar-refractivity contribution is 0.226. The molecule has 1 rings (SSSR count). The standard InChI is InChI=1S/C10H17Br/c1-10(2,3)8-5-4-6-9(11)7-8/h4,6,8-9H,5,7H2,1-3H3/t8-,9-/m1/s1. The van der Waals surface area contributed by atoms with Crippen molar-refractivity contribution in [1.82, 2.24) is 0 Å². The van der Waals surface area contributed by atoms with Crippen molar-refractivity contribution in [3.63, 3.8) is 0 Å². The molecule has 1 heteroatoms. The van der Waals surface area contributed by atoms with Crippen LogP contribution < -0.4 is 0 Å². The topological polar surface area (TPSA) is 0 Å². The van der Waals surface area contributed by atoms with E-state index >= 15 is 0 Å². The monoisotopic (exact) mass is 216 g/mol. The number of hydrogen-bond acceptors (Lipinski definition) is 0. The van der Waals surface area contributed by atoms with Crippen molar-refractivity contribution in [2.45, 2.75) is 38.4 Å². The van der Waals surface area contributed by atoms with Crippen LogP contribution in [0.5, 0.6) is 0 Å². The van der Waals surface area contributed by atoms with Crippen LogP contribution in [0.25, 0.3) is 0 Å². The Labute approximate surface area is 78.2 Å². The summed E-state index contributed by atoms with van der Waals surface area (Å²) in [6.45, 7) is 6.99. The van der Waals surface area contributed by atoms with Crippen molar-refractivity contribution in [3.8, 4) is 0 Å². The first-order valence-electron chi connectivity index (χ1n) is 4.31. The molecule has 1 aliphatic rings. The molecule has 0 N–H and O–H groups in total. The van der Waals surface area contributed by atoms with E-state index in [4.69, 9.17) is 0 Å². The van der Waals surface area contributed by atoms with Crippen LogP contribution in [0.2, 0.25) is 0 Å². The molecule has 0 unspecified atom stereocenters. The highest BCUT2D eigenvalue weighted by molar-refractivity contribution is 9.09. The predicted molar refractivity (Wildman–Crippen MR) is 54.0 cm³/mol. The molecule has 2 atom stereocenters. The van der Waals surface area contributed by atoms with Gasteiger partial charge in [0.25, 0.3) is 0 Å². The predicted octanol–water partition coefficient (Wildman–Crippen LogP) is 3.76. The van der Waals surface area contributed by atoms with Crippen LogP contribution in [-0.2, 0) is 0 Å². The van der Waals surface area contributed by atoms with Gasteiger partial charge in [0, 0.05) is 4.83 Å². The van der Waals surface area contributed by atoms with Gasteiger partial charge in [0.15, 0.2) is 0 Å². The zero-order valence-electron chi connectivity index (χ0n) is 7.60. The van der Waals surface area contributed by atoms with Gasteiger partial charge in [-0.2, -0.15) is 0 Å². The molecular weight excluding hydrogens is 200 g/mol. The van der Waals surface area contributed by atoms with Crippen LogP contribution in [0.4, 0.5) is 0 Å². The average molecular weight is 217 g/mol. The Balaban J connectivity index is 2.57. The minimum atomic E-state index is 0.469. The molecule has 0 saturated heterocycles. The number of hydrogen-bond donors (Lipinski definition) is 0. The highest BCUT2D eigenvalue weighted by atomic mass is 79.9. The fourth-order valence-corrected chi connectivity index (χ4v) is 2.21. The van der Waals surface area contributed by atoms with Gasteiger partial charge in [-0.1, -0.05) is 48.9 Å². The summed E-state index contributed by atoms with van der Waals surface area (Å²) < 4.78 is 0. The van der Waals surface area contributed by atoms with Crippen molar-refractivity contribution in [1.29, 1.82) is 0 Å². The molecule has 0 aromatic carbocycles. The summed E-state index contributed by atoms with van der Waals surface area (Å²) in [5.74, 6) is 0.844. The second-order valence-corrected chi connectivity index (χ2v) is 5.65. The maximum absolute atomic E-state index is 3.63. The Morgan fingerprint density at radius 3 is 2.36 bits per heavy atom. The van der Waals surface area contributed by atoms with Crippen LogP contribution in [0, 0.1) is 11.3 Å². The second-order valence-electron chi connectivity index (χ2n) is 4.48. The molecule has 0 nitrogen and oxygen atoms in total. The molecule has 0 spiro atoms. The lowest BCUT2D eigenvalue weighted by Crippen LogP contribution is -2.24. The summed E-state index contributed by atoms with van der Waals surface area (Å²) >= 11 is 3.63. The molecule has 0 radical (unpaired) electrons. The van der Waals surface area contributed by atoms with E-state index in [1.54, 1.807) is 0 Å². The molecule has 0 aliphatic heterocycles. The Hall–Kier alpha value is 0.220. The van der Waals surface area contributed by atoms with Gasteiger partial charge in [0.1, 0.15) is 0 Å². The summed E-state index contributed by atoms with van der Waals surface area (Å²) in [6, 6.07) is 0. The fourth-order valence-electron chi connectivity index (χ4n) is 1.54. The lowest BCUT2D eigenvalue weighted by Gasteiger charge is -2.33. The molecule has 0 aromatic rings. The molecule has 11 heavy (non-hydrogen) atoms. The van der Waals surface area contributed by atoms with Gasteiger partial charge in [-0.3, -0.25) is 0 Å². The molecule has 0 saturated carbocycles. The van der Waals surface area contributed by atoms with Gasteiger partial charge in [0.05, 0.1) is 0 Å². The summed E-state index contributed by atoms with van der Waals surface area (Å²) in [7, 11) is 0. The van der Waals surface area contributed by atoms with E-state index in [-0.39, 0.29) is 0 Å². The van der Waals surface area contributed by atoms with E-state index in [0.717, 1.165) is 5.92 Å². The number of halogens is 1. The van der Waals surface area contributed by atoms with E-state index < -0.39 is 0 Å². The number of allylic oxidation sites excluding steroid dienone is 2. The third kappa shape index (κ3) is 2.62. The number of rotatable bonds is 0. The minimum Gasteiger partial charge on any atom is -0.0871 e. The first kappa shape index (κ1) is 9.31. The molecule has 64 valence electrons. The van der Waals surface area contributed by atoms with E-state index in [0.29, 0.717) is 10.2 Å². The highest BCUT2D eigenvalue weighted by Gasteiger charge is 2.26. The van der Waals surface area contributed by atoms with Crippen LogP contribution in [-0.4, -0.2) is 4.83 Å². The Morgan fingerprint density at radius 2 is 2.00 bits per heavy atom. The van der Waals surface area contributed by atoms with E-state index in [1.165, 1.54) is 12.8 Å². The molecule has 0 fully saturated rings. The van der Waals surface area contributed by atoms with E-state index in [2.05, 4.69) is 48.9 Å². The van der Waals surface area contributed by atoms with E-state index in [9.17, 15) is 0 Å².